The first-order valence-corrected chi connectivity index (χ1v) is 5.88. The fourth-order valence-corrected chi connectivity index (χ4v) is 1.78. The van der Waals surface area contributed by atoms with E-state index in [9.17, 15) is 9.90 Å². The molecule has 16 heavy (non-hydrogen) atoms. The van der Waals surface area contributed by atoms with Gasteiger partial charge in [0.2, 0.25) is 0 Å². The first-order valence-electron chi connectivity index (χ1n) is 5.88. The van der Waals surface area contributed by atoms with Gasteiger partial charge in [0.25, 0.3) is 0 Å². The van der Waals surface area contributed by atoms with Gasteiger partial charge < -0.3 is 15.2 Å². The van der Waals surface area contributed by atoms with Crippen LogP contribution in [0, 0.1) is 11.8 Å². The number of aliphatic hydroxyl groups is 1. The number of rotatable bonds is 3. The van der Waals surface area contributed by atoms with Gasteiger partial charge >= 0.3 is 6.09 Å². The molecule has 3 unspecified atom stereocenters. The molecule has 0 heterocycles. The highest BCUT2D eigenvalue weighted by atomic mass is 16.6. The monoisotopic (exact) mass is 229 g/mol. The van der Waals surface area contributed by atoms with Crippen LogP contribution in [0.25, 0.3) is 0 Å². The van der Waals surface area contributed by atoms with Crippen molar-refractivity contribution in [2.75, 3.05) is 0 Å². The largest absolute Gasteiger partial charge is 0.444 e. The van der Waals surface area contributed by atoms with Crippen molar-refractivity contribution in [1.29, 1.82) is 0 Å². The highest BCUT2D eigenvalue weighted by molar-refractivity contribution is 5.68. The molecule has 94 valence electrons. The number of amides is 1. The Labute approximate surface area is 97.4 Å². The SMILES string of the molecule is CC1CC1C(O)[C@H](C)NC(=O)OC(C)(C)C. The van der Waals surface area contributed by atoms with E-state index in [1.807, 2.05) is 20.8 Å². The summed E-state index contributed by atoms with van der Waals surface area (Å²) in [7, 11) is 0. The molecular weight excluding hydrogens is 206 g/mol. The minimum atomic E-state index is -0.498. The second kappa shape index (κ2) is 4.62. The van der Waals surface area contributed by atoms with Gasteiger partial charge in [-0.3, -0.25) is 0 Å². The number of aliphatic hydroxyl groups excluding tert-OH is 1. The van der Waals surface area contributed by atoms with Gasteiger partial charge in [0.15, 0.2) is 0 Å². The van der Waals surface area contributed by atoms with Crippen LogP contribution in [-0.4, -0.2) is 28.9 Å². The lowest BCUT2D eigenvalue weighted by Gasteiger charge is -2.24. The summed E-state index contributed by atoms with van der Waals surface area (Å²) >= 11 is 0. The molecule has 2 N–H and O–H groups in total. The van der Waals surface area contributed by atoms with Gasteiger partial charge in [-0.05, 0) is 46.0 Å². The van der Waals surface area contributed by atoms with E-state index >= 15 is 0 Å². The zero-order valence-electron chi connectivity index (χ0n) is 10.8. The molecule has 0 radical (unpaired) electrons. The van der Waals surface area contributed by atoms with Crippen LogP contribution in [-0.2, 0) is 4.74 Å². The lowest BCUT2D eigenvalue weighted by Crippen LogP contribution is -2.44. The van der Waals surface area contributed by atoms with Crippen molar-refractivity contribution in [2.45, 2.75) is 58.8 Å². The number of nitrogens with one attached hydrogen (secondary N) is 1. The predicted molar refractivity (Wildman–Crippen MR) is 62.1 cm³/mol. The summed E-state index contributed by atoms with van der Waals surface area (Å²) in [5.41, 5.74) is -0.498. The standard InChI is InChI=1S/C12H23NO3/c1-7-6-9(7)10(14)8(2)13-11(15)16-12(3,4)5/h7-10,14H,6H2,1-5H3,(H,13,15)/t7?,8-,9?,10?/m0/s1. The third kappa shape index (κ3) is 4.00. The smallest absolute Gasteiger partial charge is 0.407 e. The maximum Gasteiger partial charge on any atom is 0.407 e. The first-order chi connectivity index (χ1) is 7.20. The molecule has 4 atom stereocenters. The van der Waals surface area contributed by atoms with Crippen molar-refractivity contribution in [2.24, 2.45) is 11.8 Å². The van der Waals surface area contributed by atoms with Gasteiger partial charge in [-0.15, -0.1) is 0 Å². The van der Waals surface area contributed by atoms with E-state index in [1.54, 1.807) is 6.92 Å². The fraction of sp³-hybridized carbons (Fsp3) is 0.917. The second-order valence-electron chi connectivity index (χ2n) is 5.80. The summed E-state index contributed by atoms with van der Waals surface area (Å²) in [6.45, 7) is 9.36. The molecule has 4 nitrogen and oxygen atoms in total. The third-order valence-electron chi connectivity index (χ3n) is 2.87. The molecule has 1 fully saturated rings. The Balaban J connectivity index is 2.33. The molecule has 1 aliphatic carbocycles. The minimum Gasteiger partial charge on any atom is -0.444 e. The summed E-state index contributed by atoms with van der Waals surface area (Å²) in [4.78, 5) is 11.5. The number of carbonyl (C=O) groups is 1. The molecule has 1 aliphatic rings. The maximum atomic E-state index is 11.5. The highest BCUT2D eigenvalue weighted by Gasteiger charge is 2.41. The normalized spacial score (nSPS) is 28.1. The molecule has 0 saturated heterocycles. The maximum absolute atomic E-state index is 11.5. The van der Waals surface area contributed by atoms with Crippen molar-refractivity contribution < 1.29 is 14.6 Å². The lowest BCUT2D eigenvalue weighted by atomic mass is 10.1. The Hall–Kier alpha value is -0.770. The first kappa shape index (κ1) is 13.3. The van der Waals surface area contributed by atoms with Gasteiger partial charge in [0.1, 0.15) is 5.60 Å². The Kier molecular flexibility index (Phi) is 3.84. The van der Waals surface area contributed by atoms with Crippen molar-refractivity contribution in [3.63, 3.8) is 0 Å². The quantitative estimate of drug-likeness (QED) is 0.777. The summed E-state index contributed by atoms with van der Waals surface area (Å²) in [6.07, 6.45) is 0.108. The van der Waals surface area contributed by atoms with Crippen LogP contribution < -0.4 is 5.32 Å². The third-order valence-corrected chi connectivity index (χ3v) is 2.87. The molecule has 1 rings (SSSR count). The lowest BCUT2D eigenvalue weighted by molar-refractivity contribution is 0.0409. The van der Waals surface area contributed by atoms with Crippen molar-refractivity contribution in [1.82, 2.24) is 5.32 Å². The molecule has 1 saturated carbocycles. The molecule has 4 heteroatoms. The molecule has 0 aliphatic heterocycles. The summed E-state index contributed by atoms with van der Waals surface area (Å²) in [6, 6.07) is -0.259. The van der Waals surface area contributed by atoms with Gasteiger partial charge in [-0.1, -0.05) is 6.92 Å². The van der Waals surface area contributed by atoms with E-state index in [2.05, 4.69) is 12.2 Å². The molecule has 0 bridgehead atoms. The molecule has 0 aromatic rings. The Morgan fingerprint density at radius 1 is 1.50 bits per heavy atom. The summed E-state index contributed by atoms with van der Waals surface area (Å²) < 4.78 is 5.12. The van der Waals surface area contributed by atoms with Crippen LogP contribution in [0.4, 0.5) is 4.79 Å². The number of alkyl carbamates (subject to hydrolysis) is 1. The van der Waals surface area contributed by atoms with Gasteiger partial charge in [-0.2, -0.15) is 0 Å². The van der Waals surface area contributed by atoms with Crippen molar-refractivity contribution in [3.05, 3.63) is 0 Å². The topological polar surface area (TPSA) is 58.6 Å². The van der Waals surface area contributed by atoms with E-state index in [4.69, 9.17) is 4.74 Å². The van der Waals surface area contributed by atoms with Crippen molar-refractivity contribution in [3.8, 4) is 0 Å². The zero-order valence-corrected chi connectivity index (χ0v) is 10.8. The Bertz CT molecular complexity index is 259. The predicted octanol–water partition coefficient (Wildman–Crippen LogP) is 1.92. The number of ether oxygens (including phenoxy) is 1. The second-order valence-corrected chi connectivity index (χ2v) is 5.80. The highest BCUT2D eigenvalue weighted by Crippen LogP contribution is 2.41. The van der Waals surface area contributed by atoms with Crippen LogP contribution in [0.2, 0.25) is 0 Å². The molecular formula is C12H23NO3. The molecule has 0 aromatic heterocycles. The van der Waals surface area contributed by atoms with Crippen LogP contribution >= 0.6 is 0 Å². The number of carbonyl (C=O) groups excluding carboxylic acids is 1. The van der Waals surface area contributed by atoms with E-state index in [1.165, 1.54) is 0 Å². The van der Waals surface area contributed by atoms with E-state index in [-0.39, 0.29) is 6.04 Å². The Morgan fingerprint density at radius 3 is 2.38 bits per heavy atom. The van der Waals surface area contributed by atoms with E-state index < -0.39 is 17.8 Å². The van der Waals surface area contributed by atoms with Gasteiger partial charge in [0.05, 0.1) is 12.1 Å². The van der Waals surface area contributed by atoms with Crippen LogP contribution in [0.5, 0.6) is 0 Å². The van der Waals surface area contributed by atoms with Crippen LogP contribution in [0.3, 0.4) is 0 Å². The molecule has 1 amide bonds. The fourth-order valence-electron chi connectivity index (χ4n) is 1.78. The summed E-state index contributed by atoms with van der Waals surface area (Å²) in [5.74, 6) is 0.892. The van der Waals surface area contributed by atoms with Crippen LogP contribution in [0.15, 0.2) is 0 Å². The van der Waals surface area contributed by atoms with E-state index in [0.29, 0.717) is 11.8 Å². The van der Waals surface area contributed by atoms with Crippen molar-refractivity contribution >= 4 is 6.09 Å². The average molecular weight is 229 g/mol. The average Bonchev–Trinajstić information content (AvgIpc) is 2.77. The number of hydrogen-bond donors (Lipinski definition) is 2. The van der Waals surface area contributed by atoms with E-state index in [0.717, 1.165) is 6.42 Å². The number of hydrogen-bond acceptors (Lipinski definition) is 3. The van der Waals surface area contributed by atoms with Crippen LogP contribution in [0.1, 0.15) is 41.0 Å². The van der Waals surface area contributed by atoms with Gasteiger partial charge in [0, 0.05) is 0 Å². The summed E-state index contributed by atoms with van der Waals surface area (Å²) in [5, 5.41) is 12.6. The minimum absolute atomic E-state index is 0.259. The molecule has 0 aromatic carbocycles. The Morgan fingerprint density at radius 2 is 2.00 bits per heavy atom. The van der Waals surface area contributed by atoms with Gasteiger partial charge in [-0.25, -0.2) is 4.79 Å². The molecule has 0 spiro atoms. The zero-order chi connectivity index (χ0) is 12.5.